The van der Waals surface area contributed by atoms with Crippen LogP contribution in [0.3, 0.4) is 0 Å². The number of carbonyl (C=O) groups excluding carboxylic acids is 3. The summed E-state index contributed by atoms with van der Waals surface area (Å²) in [6, 6.07) is 5.78. The number of nitrogens with one attached hydrogen (secondary N) is 1. The normalized spacial score (nSPS) is 24.4. The van der Waals surface area contributed by atoms with Crippen molar-refractivity contribution in [3.8, 4) is 5.75 Å². The summed E-state index contributed by atoms with van der Waals surface area (Å²) >= 11 is 1.48. The second-order valence-corrected chi connectivity index (χ2v) is 7.25. The van der Waals surface area contributed by atoms with Gasteiger partial charge in [-0.25, -0.2) is 4.79 Å². The van der Waals surface area contributed by atoms with Crippen LogP contribution in [0.1, 0.15) is 12.5 Å². The second-order valence-electron chi connectivity index (χ2n) is 6.14. The summed E-state index contributed by atoms with van der Waals surface area (Å²) in [5.41, 5.74) is 1.44. The first kappa shape index (κ1) is 18.3. The Labute approximate surface area is 155 Å². The van der Waals surface area contributed by atoms with Gasteiger partial charge in [0, 0.05) is 12.7 Å². The third-order valence-corrected chi connectivity index (χ3v) is 5.68. The minimum atomic E-state index is -0.808. The highest BCUT2D eigenvalue weighted by atomic mass is 32.2. The number of methoxy groups -OCH3 is 1. The lowest BCUT2D eigenvalue weighted by atomic mass is 9.98. The standard InChI is InChI=1S/C18H20N2O5S/c1-10-9-26-17-14(19-11(2)21)16(22)20(17)15(10)18(23)25-8-12-4-6-13(24-3)7-5-12/h4-7,14-15,17H,1,8-9H2,2-3H3,(H,19,21)/t14-,15?,17-/m1/s1. The number of hydrogen-bond donors (Lipinski definition) is 1. The first-order valence-corrected chi connectivity index (χ1v) is 9.15. The zero-order valence-corrected chi connectivity index (χ0v) is 15.4. The number of thioether (sulfide) groups is 1. The zero-order chi connectivity index (χ0) is 18.8. The summed E-state index contributed by atoms with van der Waals surface area (Å²) in [6.07, 6.45) is 0. The number of rotatable bonds is 5. The molecule has 2 aliphatic heterocycles. The van der Waals surface area contributed by atoms with Crippen molar-refractivity contribution in [1.29, 1.82) is 0 Å². The third kappa shape index (κ3) is 3.41. The molecule has 3 atom stereocenters. The van der Waals surface area contributed by atoms with Crippen molar-refractivity contribution in [2.24, 2.45) is 0 Å². The average molecular weight is 376 g/mol. The van der Waals surface area contributed by atoms with Crippen LogP contribution in [0.2, 0.25) is 0 Å². The number of ether oxygens (including phenoxy) is 2. The Kier molecular flexibility index (Phi) is 5.22. The number of amides is 2. The molecule has 138 valence electrons. The van der Waals surface area contributed by atoms with Gasteiger partial charge >= 0.3 is 5.97 Å². The van der Waals surface area contributed by atoms with Crippen LogP contribution < -0.4 is 10.1 Å². The van der Waals surface area contributed by atoms with E-state index in [1.165, 1.54) is 23.6 Å². The molecule has 1 aromatic carbocycles. The minimum absolute atomic E-state index is 0.0988. The molecule has 8 heteroatoms. The molecule has 7 nitrogen and oxygen atoms in total. The number of esters is 1. The van der Waals surface area contributed by atoms with Crippen LogP contribution in [0.5, 0.6) is 5.75 Å². The predicted octanol–water partition coefficient (Wildman–Crippen LogP) is 1.08. The molecule has 0 bridgehead atoms. The van der Waals surface area contributed by atoms with Gasteiger partial charge in [-0.1, -0.05) is 18.7 Å². The van der Waals surface area contributed by atoms with E-state index >= 15 is 0 Å². The molecule has 2 amide bonds. The smallest absolute Gasteiger partial charge is 0.333 e. The monoisotopic (exact) mass is 376 g/mol. The van der Waals surface area contributed by atoms with Crippen molar-refractivity contribution in [2.45, 2.75) is 31.0 Å². The van der Waals surface area contributed by atoms with E-state index in [9.17, 15) is 14.4 Å². The fourth-order valence-corrected chi connectivity index (χ4v) is 4.30. The SMILES string of the molecule is C=C1CS[C@@H]2[C@H](NC(C)=O)C(=O)N2C1C(=O)OCc1ccc(OC)cc1. The maximum atomic E-state index is 12.6. The van der Waals surface area contributed by atoms with Crippen molar-refractivity contribution in [1.82, 2.24) is 10.2 Å². The minimum Gasteiger partial charge on any atom is -0.497 e. The van der Waals surface area contributed by atoms with Crippen LogP contribution in [-0.2, 0) is 25.7 Å². The molecule has 0 aliphatic carbocycles. The van der Waals surface area contributed by atoms with Crippen LogP contribution in [0.15, 0.2) is 36.4 Å². The molecule has 1 N–H and O–H groups in total. The van der Waals surface area contributed by atoms with Gasteiger partial charge in [-0.05, 0) is 23.3 Å². The van der Waals surface area contributed by atoms with Gasteiger partial charge < -0.3 is 19.7 Å². The fourth-order valence-electron chi connectivity index (χ4n) is 2.99. The molecule has 0 aromatic heterocycles. The Morgan fingerprint density at radius 1 is 1.35 bits per heavy atom. The van der Waals surface area contributed by atoms with Crippen LogP contribution in [0, 0.1) is 0 Å². The van der Waals surface area contributed by atoms with Crippen molar-refractivity contribution in [3.63, 3.8) is 0 Å². The first-order valence-electron chi connectivity index (χ1n) is 8.10. The van der Waals surface area contributed by atoms with E-state index in [1.807, 2.05) is 12.1 Å². The van der Waals surface area contributed by atoms with Crippen molar-refractivity contribution in [3.05, 3.63) is 42.0 Å². The van der Waals surface area contributed by atoms with Gasteiger partial charge in [0.25, 0.3) is 0 Å². The molecule has 2 fully saturated rings. The van der Waals surface area contributed by atoms with E-state index in [2.05, 4.69) is 11.9 Å². The molecule has 2 saturated heterocycles. The van der Waals surface area contributed by atoms with Crippen molar-refractivity contribution in [2.75, 3.05) is 12.9 Å². The summed E-state index contributed by atoms with van der Waals surface area (Å²) < 4.78 is 10.5. The molecule has 0 radical (unpaired) electrons. The molecule has 0 spiro atoms. The van der Waals surface area contributed by atoms with Crippen LogP contribution in [0.4, 0.5) is 0 Å². The number of carbonyl (C=O) groups is 3. The Balaban J connectivity index is 1.64. The van der Waals surface area contributed by atoms with E-state index < -0.39 is 18.1 Å². The van der Waals surface area contributed by atoms with Crippen molar-refractivity contribution < 1.29 is 23.9 Å². The number of benzene rings is 1. The first-order chi connectivity index (χ1) is 12.4. The summed E-state index contributed by atoms with van der Waals surface area (Å²) in [5, 5.41) is 2.36. The number of fused-ring (bicyclic) bond motifs is 1. The van der Waals surface area contributed by atoms with Crippen LogP contribution in [0.25, 0.3) is 0 Å². The quantitative estimate of drug-likeness (QED) is 0.470. The lowest BCUT2D eigenvalue weighted by Crippen LogP contribution is -2.74. The molecular formula is C18H20N2O5S. The number of β-lactam (4-membered cyclic amide) rings is 1. The van der Waals surface area contributed by atoms with E-state index in [-0.39, 0.29) is 23.8 Å². The highest BCUT2D eigenvalue weighted by molar-refractivity contribution is 8.00. The fraction of sp³-hybridized carbons (Fsp3) is 0.389. The summed E-state index contributed by atoms with van der Waals surface area (Å²) in [6.45, 7) is 5.38. The van der Waals surface area contributed by atoms with Gasteiger partial charge in [-0.15, -0.1) is 11.8 Å². The largest absolute Gasteiger partial charge is 0.497 e. The maximum absolute atomic E-state index is 12.6. The molecule has 1 aromatic rings. The second kappa shape index (κ2) is 7.41. The van der Waals surface area contributed by atoms with Gasteiger partial charge in [0.2, 0.25) is 11.8 Å². The van der Waals surface area contributed by atoms with Gasteiger partial charge in [0.1, 0.15) is 23.8 Å². The molecule has 1 unspecified atom stereocenters. The molecule has 26 heavy (non-hydrogen) atoms. The Hall–Kier alpha value is -2.48. The molecule has 3 rings (SSSR count). The highest BCUT2D eigenvalue weighted by Gasteiger charge is 2.56. The van der Waals surface area contributed by atoms with E-state index in [4.69, 9.17) is 9.47 Å². The molecular weight excluding hydrogens is 356 g/mol. The van der Waals surface area contributed by atoms with Gasteiger partial charge in [-0.3, -0.25) is 9.59 Å². The number of hydrogen-bond acceptors (Lipinski definition) is 6. The van der Waals surface area contributed by atoms with E-state index in [0.29, 0.717) is 11.3 Å². The third-order valence-electron chi connectivity index (χ3n) is 4.31. The van der Waals surface area contributed by atoms with Crippen LogP contribution >= 0.6 is 11.8 Å². The summed E-state index contributed by atoms with van der Waals surface area (Å²) in [5.74, 6) is 0.186. The topological polar surface area (TPSA) is 84.9 Å². The van der Waals surface area contributed by atoms with Gasteiger partial charge in [0.15, 0.2) is 6.04 Å². The number of nitrogens with zero attached hydrogens (tertiary/aromatic N) is 1. The van der Waals surface area contributed by atoms with E-state index in [0.717, 1.165) is 11.3 Å². The van der Waals surface area contributed by atoms with Crippen molar-refractivity contribution >= 4 is 29.5 Å². The molecule has 2 heterocycles. The van der Waals surface area contributed by atoms with Gasteiger partial charge in [-0.2, -0.15) is 0 Å². The summed E-state index contributed by atoms with van der Waals surface area (Å²) in [4.78, 5) is 37.6. The maximum Gasteiger partial charge on any atom is 0.333 e. The highest BCUT2D eigenvalue weighted by Crippen LogP contribution is 2.40. The van der Waals surface area contributed by atoms with Gasteiger partial charge in [0.05, 0.1) is 7.11 Å². The van der Waals surface area contributed by atoms with E-state index in [1.54, 1.807) is 19.2 Å². The Bertz CT molecular complexity index is 748. The predicted molar refractivity (Wildman–Crippen MR) is 96.4 cm³/mol. The molecule has 2 aliphatic rings. The lowest BCUT2D eigenvalue weighted by Gasteiger charge is -2.52. The van der Waals surface area contributed by atoms with Crippen LogP contribution in [-0.4, -0.2) is 53.0 Å². The average Bonchev–Trinajstić information content (AvgIpc) is 2.64. The molecule has 0 saturated carbocycles. The summed E-state index contributed by atoms with van der Waals surface area (Å²) in [7, 11) is 1.58. The lowest BCUT2D eigenvalue weighted by molar-refractivity contribution is -0.164. The Morgan fingerprint density at radius 2 is 2.04 bits per heavy atom. The Morgan fingerprint density at radius 3 is 2.65 bits per heavy atom. The zero-order valence-electron chi connectivity index (χ0n) is 14.6.